The maximum atomic E-state index is 12.8. The number of hydrogen-bond acceptors (Lipinski definition) is 3. The lowest BCUT2D eigenvalue weighted by Crippen LogP contribution is -2.24. The van der Waals surface area contributed by atoms with Crippen molar-refractivity contribution in [3.63, 3.8) is 0 Å². The van der Waals surface area contributed by atoms with Gasteiger partial charge in [-0.25, -0.2) is 0 Å². The highest BCUT2D eigenvalue weighted by molar-refractivity contribution is 5.88. The average molecular weight is 262 g/mol. The molecular weight excluding hydrogens is 249 g/mol. The summed E-state index contributed by atoms with van der Waals surface area (Å²) in [4.78, 5) is 14.4. The van der Waals surface area contributed by atoms with Crippen molar-refractivity contribution in [2.45, 2.75) is 32.5 Å². The lowest BCUT2D eigenvalue weighted by atomic mass is 9.98. The van der Waals surface area contributed by atoms with Crippen molar-refractivity contribution in [2.75, 3.05) is 5.32 Å². The third-order valence-electron chi connectivity index (χ3n) is 2.09. The van der Waals surface area contributed by atoms with Crippen molar-refractivity contribution < 1.29 is 23.1 Å². The van der Waals surface area contributed by atoms with Crippen molar-refractivity contribution in [1.82, 2.24) is 4.98 Å². The molecule has 0 aliphatic rings. The van der Waals surface area contributed by atoms with Gasteiger partial charge < -0.3 is 10.4 Å². The molecule has 0 aliphatic heterocycles. The van der Waals surface area contributed by atoms with E-state index in [1.165, 1.54) is 20.8 Å². The molecule has 0 bridgehead atoms. The van der Waals surface area contributed by atoms with E-state index in [4.69, 9.17) is 0 Å². The summed E-state index contributed by atoms with van der Waals surface area (Å²) < 4.78 is 38.5. The van der Waals surface area contributed by atoms with E-state index >= 15 is 0 Å². The van der Waals surface area contributed by atoms with Gasteiger partial charge in [-0.05, 0) is 19.9 Å². The topological polar surface area (TPSA) is 62.2 Å². The zero-order valence-corrected chi connectivity index (χ0v) is 10.1. The molecule has 18 heavy (non-hydrogen) atoms. The number of pyridine rings is 1. The third-order valence-corrected chi connectivity index (χ3v) is 2.09. The van der Waals surface area contributed by atoms with Gasteiger partial charge in [0.2, 0.25) is 5.91 Å². The molecule has 100 valence electrons. The number of carbonyl (C=O) groups excluding carboxylic acids is 1. The first-order valence-corrected chi connectivity index (χ1v) is 5.09. The first kappa shape index (κ1) is 14.4. The van der Waals surface area contributed by atoms with Crippen molar-refractivity contribution in [3.05, 3.63) is 23.5 Å². The highest BCUT2D eigenvalue weighted by atomic mass is 19.4. The smallest absolute Gasteiger partial charge is 0.384 e. The minimum atomic E-state index is -4.66. The van der Waals surface area contributed by atoms with E-state index < -0.39 is 28.9 Å². The molecule has 0 saturated heterocycles. The molecule has 4 nitrogen and oxygen atoms in total. The zero-order chi connectivity index (χ0) is 14.1. The molecule has 0 saturated carbocycles. The average Bonchev–Trinajstić information content (AvgIpc) is 2.13. The Bertz CT molecular complexity index is 464. The number of anilines is 1. The molecule has 0 atom stereocenters. The summed E-state index contributed by atoms with van der Waals surface area (Å²) in [7, 11) is 0. The molecule has 0 spiro atoms. The summed E-state index contributed by atoms with van der Waals surface area (Å²) in [6.45, 7) is 3.60. The Morgan fingerprint density at radius 1 is 1.39 bits per heavy atom. The van der Waals surface area contributed by atoms with Crippen molar-refractivity contribution in [1.29, 1.82) is 0 Å². The summed E-state index contributed by atoms with van der Waals surface area (Å²) >= 11 is 0. The number of hydrogen-bond donors (Lipinski definition) is 2. The third kappa shape index (κ3) is 3.43. The van der Waals surface area contributed by atoms with Crippen LogP contribution in [0.15, 0.2) is 12.3 Å². The number of alkyl halides is 3. The fraction of sp³-hybridized carbons (Fsp3) is 0.455. The van der Waals surface area contributed by atoms with Gasteiger partial charge in [0.15, 0.2) is 0 Å². The molecule has 0 radical (unpaired) electrons. The van der Waals surface area contributed by atoms with Crippen LogP contribution in [-0.2, 0) is 16.6 Å². The Hall–Kier alpha value is -1.63. The fourth-order valence-electron chi connectivity index (χ4n) is 1.44. The van der Waals surface area contributed by atoms with Gasteiger partial charge in [0, 0.05) is 6.92 Å². The second kappa shape index (κ2) is 4.56. The number of aliphatic hydroxyl groups is 1. The van der Waals surface area contributed by atoms with Crippen LogP contribution in [-0.4, -0.2) is 16.0 Å². The molecule has 2 N–H and O–H groups in total. The number of rotatable bonds is 2. The van der Waals surface area contributed by atoms with E-state index in [1.807, 2.05) is 0 Å². The lowest BCUT2D eigenvalue weighted by molar-refractivity contribution is -0.140. The van der Waals surface area contributed by atoms with Crippen LogP contribution in [0, 0.1) is 0 Å². The number of halogens is 3. The number of nitrogens with zero attached hydrogens (tertiary/aromatic N) is 1. The SMILES string of the molecule is CC(=O)Nc1cnc(C(C)(C)O)c(C(F)(F)F)c1. The number of nitrogens with one attached hydrogen (secondary N) is 1. The summed E-state index contributed by atoms with van der Waals surface area (Å²) in [5.41, 5.74) is -3.34. The van der Waals surface area contributed by atoms with Gasteiger partial charge >= 0.3 is 6.18 Å². The van der Waals surface area contributed by atoms with E-state index in [2.05, 4.69) is 10.3 Å². The van der Waals surface area contributed by atoms with Gasteiger partial charge in [-0.2, -0.15) is 13.2 Å². The molecule has 0 aromatic carbocycles. The standard InChI is InChI=1S/C11H13F3N2O2/c1-6(17)16-7-4-8(11(12,13)14)9(15-5-7)10(2,3)18/h4-5,18H,1-3H3,(H,16,17). The molecule has 1 rings (SSSR count). The summed E-state index contributed by atoms with van der Waals surface area (Å²) in [5, 5.41) is 11.9. The van der Waals surface area contributed by atoms with Gasteiger partial charge in [0.1, 0.15) is 5.60 Å². The van der Waals surface area contributed by atoms with E-state index in [-0.39, 0.29) is 5.69 Å². The fourth-order valence-corrected chi connectivity index (χ4v) is 1.44. The summed E-state index contributed by atoms with van der Waals surface area (Å²) in [6.07, 6.45) is -3.58. The van der Waals surface area contributed by atoms with Crippen molar-refractivity contribution >= 4 is 11.6 Å². The Kier molecular flexibility index (Phi) is 3.66. The largest absolute Gasteiger partial charge is 0.418 e. The molecule has 0 aliphatic carbocycles. The maximum Gasteiger partial charge on any atom is 0.418 e. The van der Waals surface area contributed by atoms with Gasteiger partial charge in [0.25, 0.3) is 0 Å². The van der Waals surface area contributed by atoms with Crippen molar-refractivity contribution in [3.8, 4) is 0 Å². The molecule has 0 unspecified atom stereocenters. The number of carbonyl (C=O) groups is 1. The highest BCUT2D eigenvalue weighted by Gasteiger charge is 2.38. The second-order valence-electron chi connectivity index (χ2n) is 4.36. The molecule has 1 aromatic heterocycles. The van der Waals surface area contributed by atoms with Crippen LogP contribution < -0.4 is 5.32 Å². The normalized spacial score (nSPS) is 12.4. The first-order chi connectivity index (χ1) is 8.01. The van der Waals surface area contributed by atoms with Gasteiger partial charge in [-0.3, -0.25) is 9.78 Å². The van der Waals surface area contributed by atoms with E-state index in [0.29, 0.717) is 0 Å². The van der Waals surface area contributed by atoms with Crippen LogP contribution >= 0.6 is 0 Å². The zero-order valence-electron chi connectivity index (χ0n) is 10.1. The molecule has 1 heterocycles. The van der Waals surface area contributed by atoms with Crippen LogP contribution in [0.4, 0.5) is 18.9 Å². The van der Waals surface area contributed by atoms with Gasteiger partial charge in [-0.15, -0.1) is 0 Å². The second-order valence-corrected chi connectivity index (χ2v) is 4.36. The Labute approximate surface area is 102 Å². The predicted molar refractivity (Wildman–Crippen MR) is 58.8 cm³/mol. The van der Waals surface area contributed by atoms with E-state index in [9.17, 15) is 23.1 Å². The molecule has 0 fully saturated rings. The molecular formula is C11H13F3N2O2. The minimum Gasteiger partial charge on any atom is -0.384 e. The Morgan fingerprint density at radius 2 is 1.94 bits per heavy atom. The van der Waals surface area contributed by atoms with Crippen LogP contribution in [0.2, 0.25) is 0 Å². The molecule has 1 aromatic rings. The maximum absolute atomic E-state index is 12.8. The van der Waals surface area contributed by atoms with Gasteiger partial charge in [-0.1, -0.05) is 0 Å². The van der Waals surface area contributed by atoms with Gasteiger partial charge in [0.05, 0.1) is 23.1 Å². The predicted octanol–water partition coefficient (Wildman–Crippen LogP) is 2.29. The van der Waals surface area contributed by atoms with Crippen molar-refractivity contribution in [2.24, 2.45) is 0 Å². The number of amides is 1. The van der Waals surface area contributed by atoms with Crippen LogP contribution in [0.5, 0.6) is 0 Å². The molecule has 7 heteroatoms. The monoisotopic (exact) mass is 262 g/mol. The van der Waals surface area contributed by atoms with E-state index in [1.54, 1.807) is 0 Å². The minimum absolute atomic E-state index is 0.0668. The first-order valence-electron chi connectivity index (χ1n) is 5.09. The summed E-state index contributed by atoms with van der Waals surface area (Å²) in [6, 6.07) is 0.752. The van der Waals surface area contributed by atoms with Crippen LogP contribution in [0.1, 0.15) is 32.0 Å². The highest BCUT2D eigenvalue weighted by Crippen LogP contribution is 2.36. The lowest BCUT2D eigenvalue weighted by Gasteiger charge is -2.22. The van der Waals surface area contributed by atoms with Crippen LogP contribution in [0.3, 0.4) is 0 Å². The Morgan fingerprint density at radius 3 is 2.33 bits per heavy atom. The summed E-state index contributed by atoms with van der Waals surface area (Å²) in [5.74, 6) is -0.499. The Balaban J connectivity index is 3.35. The quantitative estimate of drug-likeness (QED) is 0.859. The molecule has 1 amide bonds. The van der Waals surface area contributed by atoms with E-state index in [0.717, 1.165) is 12.3 Å². The number of aromatic nitrogens is 1. The van der Waals surface area contributed by atoms with Crippen LogP contribution in [0.25, 0.3) is 0 Å².